The molecule has 5 nitrogen and oxygen atoms in total. The monoisotopic (exact) mass is 138 g/mol. The molecule has 2 atom stereocenters. The number of nitrogens with two attached hydrogens (primary N) is 1. The molecule has 0 aromatic heterocycles. The maximum Gasteiger partial charge on any atom is 0.366 e. The number of hydrogen-bond donors (Lipinski definition) is 2. The largest absolute Gasteiger partial charge is 0.394 e. The Morgan fingerprint density at radius 1 is 1.89 bits per heavy atom. The van der Waals surface area contributed by atoms with Gasteiger partial charge in [-0.15, -0.1) is 0 Å². The van der Waals surface area contributed by atoms with E-state index in [4.69, 9.17) is 10.8 Å². The van der Waals surface area contributed by atoms with Crippen LogP contribution in [0.1, 0.15) is 0 Å². The molecule has 0 fully saturated rings. The van der Waals surface area contributed by atoms with E-state index >= 15 is 0 Å². The highest BCUT2D eigenvalue weighted by molar-refractivity contribution is 4.60. The quantitative estimate of drug-likeness (QED) is 0.293. The van der Waals surface area contributed by atoms with Crippen molar-refractivity contribution in [3.63, 3.8) is 0 Å². The van der Waals surface area contributed by atoms with Crippen LogP contribution in [0.5, 0.6) is 0 Å². The zero-order chi connectivity index (χ0) is 7.44. The van der Waals surface area contributed by atoms with Crippen LogP contribution in [0.25, 0.3) is 0 Å². The number of aliphatic hydroxyl groups is 1. The Bertz CT molecular complexity index is 109. The summed E-state index contributed by atoms with van der Waals surface area (Å²) in [5.74, 6) is 0. The Hall–Kier alpha value is -0.750. The van der Waals surface area contributed by atoms with Gasteiger partial charge in [0.2, 0.25) is 0 Å². The summed E-state index contributed by atoms with van der Waals surface area (Å²) in [7, 11) is 0. The van der Waals surface area contributed by atoms with Gasteiger partial charge in [-0.2, -0.15) is 4.39 Å². The van der Waals surface area contributed by atoms with Crippen LogP contribution in [0.15, 0.2) is 0 Å². The highest BCUT2D eigenvalue weighted by atomic mass is 19.1. The van der Waals surface area contributed by atoms with Gasteiger partial charge in [-0.05, 0) is 0 Å². The van der Waals surface area contributed by atoms with Gasteiger partial charge in [0.25, 0.3) is 0 Å². The lowest BCUT2D eigenvalue weighted by atomic mass is 10.3. The smallest absolute Gasteiger partial charge is 0.366 e. The van der Waals surface area contributed by atoms with Gasteiger partial charge in [0.1, 0.15) is 6.04 Å². The van der Waals surface area contributed by atoms with Crippen LogP contribution < -0.4 is 5.73 Å². The van der Waals surface area contributed by atoms with E-state index in [0.29, 0.717) is 0 Å². The summed E-state index contributed by atoms with van der Waals surface area (Å²) >= 11 is 0. The molecular weight excluding hydrogens is 131 g/mol. The Labute approximate surface area is 50.4 Å². The Morgan fingerprint density at radius 3 is 2.44 bits per heavy atom. The summed E-state index contributed by atoms with van der Waals surface area (Å²) in [6.07, 6.45) is -2.37. The molecule has 0 amide bonds. The third-order valence-electron chi connectivity index (χ3n) is 0.766. The van der Waals surface area contributed by atoms with Gasteiger partial charge in [0.05, 0.1) is 11.5 Å². The molecule has 2 unspecified atom stereocenters. The van der Waals surface area contributed by atoms with Crippen molar-refractivity contribution in [1.82, 2.24) is 0 Å². The van der Waals surface area contributed by atoms with E-state index in [9.17, 15) is 14.5 Å². The highest BCUT2D eigenvalue weighted by Crippen LogP contribution is 1.95. The standard InChI is InChI=1S/C3H7FN2O3/c4-3(6(8)9)2(5)1-7/h2-3,7H,1,5H2. The van der Waals surface area contributed by atoms with E-state index in [1.807, 2.05) is 0 Å². The zero-order valence-electron chi connectivity index (χ0n) is 4.53. The Morgan fingerprint density at radius 2 is 2.33 bits per heavy atom. The first kappa shape index (κ1) is 8.25. The molecule has 6 heteroatoms. The minimum Gasteiger partial charge on any atom is -0.394 e. The van der Waals surface area contributed by atoms with Crippen LogP contribution in [0.4, 0.5) is 4.39 Å². The predicted molar refractivity (Wildman–Crippen MR) is 27.0 cm³/mol. The topological polar surface area (TPSA) is 89.4 Å². The molecular formula is C3H7FN2O3. The fourth-order valence-corrected chi connectivity index (χ4v) is 0.243. The average Bonchev–Trinajstić information content (AvgIpc) is 1.84. The van der Waals surface area contributed by atoms with Crippen LogP contribution in [0, 0.1) is 10.1 Å². The predicted octanol–water partition coefficient (Wildman–Crippen LogP) is -1.12. The third kappa shape index (κ3) is 2.34. The van der Waals surface area contributed by atoms with Crippen molar-refractivity contribution in [2.24, 2.45) is 5.73 Å². The second-order valence-electron chi connectivity index (χ2n) is 1.50. The van der Waals surface area contributed by atoms with Crippen molar-refractivity contribution < 1.29 is 14.4 Å². The van der Waals surface area contributed by atoms with E-state index in [2.05, 4.69) is 0 Å². The number of alkyl halides is 1. The molecule has 0 aromatic carbocycles. The molecule has 0 aliphatic rings. The third-order valence-corrected chi connectivity index (χ3v) is 0.766. The van der Waals surface area contributed by atoms with Crippen LogP contribution in [-0.2, 0) is 0 Å². The summed E-state index contributed by atoms with van der Waals surface area (Å²) in [6.45, 7) is -0.720. The maximum atomic E-state index is 11.9. The lowest BCUT2D eigenvalue weighted by molar-refractivity contribution is -0.557. The first-order chi connectivity index (χ1) is 4.09. The Kier molecular flexibility index (Phi) is 3.03. The molecule has 3 N–H and O–H groups in total. The molecule has 0 aliphatic heterocycles. The minimum absolute atomic E-state index is 0.720. The normalized spacial score (nSPS) is 16.8. The molecule has 0 radical (unpaired) electrons. The minimum atomic E-state index is -2.37. The zero-order valence-corrected chi connectivity index (χ0v) is 4.53. The molecule has 0 aliphatic carbocycles. The Balaban J connectivity index is 3.72. The van der Waals surface area contributed by atoms with E-state index in [-0.39, 0.29) is 0 Å². The summed E-state index contributed by atoms with van der Waals surface area (Å²) < 4.78 is 11.9. The van der Waals surface area contributed by atoms with Gasteiger partial charge in [-0.25, -0.2) is 0 Å². The molecule has 9 heavy (non-hydrogen) atoms. The first-order valence-corrected chi connectivity index (χ1v) is 2.23. The molecule has 54 valence electrons. The van der Waals surface area contributed by atoms with Gasteiger partial charge in [0.15, 0.2) is 0 Å². The van der Waals surface area contributed by atoms with Gasteiger partial charge in [-0.1, -0.05) is 0 Å². The second-order valence-corrected chi connectivity index (χ2v) is 1.50. The van der Waals surface area contributed by atoms with E-state index in [1.54, 1.807) is 0 Å². The summed E-state index contributed by atoms with van der Waals surface area (Å²) in [6, 6.07) is -1.42. The SMILES string of the molecule is NC(CO)C(F)[N+](=O)[O-]. The van der Waals surface area contributed by atoms with E-state index in [1.165, 1.54) is 0 Å². The number of aliphatic hydroxyl groups excluding tert-OH is 1. The van der Waals surface area contributed by atoms with Gasteiger partial charge in [-0.3, -0.25) is 10.1 Å². The van der Waals surface area contributed by atoms with Crippen molar-refractivity contribution in [2.75, 3.05) is 6.61 Å². The molecule has 0 bridgehead atoms. The van der Waals surface area contributed by atoms with Crippen LogP contribution in [-0.4, -0.2) is 29.0 Å². The molecule has 0 rings (SSSR count). The lowest BCUT2D eigenvalue weighted by Gasteiger charge is -2.04. The molecule has 0 spiro atoms. The second kappa shape index (κ2) is 3.31. The fraction of sp³-hybridized carbons (Fsp3) is 1.00. The summed E-state index contributed by atoms with van der Waals surface area (Å²) in [4.78, 5) is 8.36. The fourth-order valence-electron chi connectivity index (χ4n) is 0.243. The summed E-state index contributed by atoms with van der Waals surface area (Å²) in [5, 5.41) is 17.6. The van der Waals surface area contributed by atoms with Crippen molar-refractivity contribution >= 4 is 0 Å². The number of halogens is 1. The van der Waals surface area contributed by atoms with Crippen molar-refractivity contribution in [1.29, 1.82) is 0 Å². The maximum absolute atomic E-state index is 11.9. The highest BCUT2D eigenvalue weighted by Gasteiger charge is 2.26. The van der Waals surface area contributed by atoms with Crippen molar-refractivity contribution in [2.45, 2.75) is 12.3 Å². The molecule has 0 heterocycles. The van der Waals surface area contributed by atoms with E-state index in [0.717, 1.165) is 0 Å². The van der Waals surface area contributed by atoms with Crippen LogP contribution in [0.2, 0.25) is 0 Å². The molecule has 0 saturated heterocycles. The number of nitrogens with zero attached hydrogens (tertiary/aromatic N) is 1. The lowest BCUT2D eigenvalue weighted by Crippen LogP contribution is -2.39. The van der Waals surface area contributed by atoms with E-state index < -0.39 is 23.9 Å². The van der Waals surface area contributed by atoms with Crippen molar-refractivity contribution in [3.8, 4) is 0 Å². The molecule has 0 saturated carbocycles. The number of hydrogen-bond acceptors (Lipinski definition) is 4. The van der Waals surface area contributed by atoms with Gasteiger partial charge in [0, 0.05) is 0 Å². The number of nitro groups is 1. The summed E-state index contributed by atoms with van der Waals surface area (Å²) in [5.41, 5.74) is 4.75. The average molecular weight is 138 g/mol. The van der Waals surface area contributed by atoms with Gasteiger partial charge >= 0.3 is 6.30 Å². The molecule has 0 aromatic rings. The van der Waals surface area contributed by atoms with Crippen molar-refractivity contribution in [3.05, 3.63) is 10.1 Å². The van der Waals surface area contributed by atoms with Gasteiger partial charge < -0.3 is 10.8 Å². The van der Waals surface area contributed by atoms with Crippen LogP contribution >= 0.6 is 0 Å². The number of rotatable bonds is 3. The first-order valence-electron chi connectivity index (χ1n) is 2.23. The van der Waals surface area contributed by atoms with Crippen LogP contribution in [0.3, 0.4) is 0 Å².